The molecule has 20 heavy (non-hydrogen) atoms. The van der Waals surface area contributed by atoms with E-state index in [2.05, 4.69) is 47.4 Å². The lowest BCUT2D eigenvalue weighted by atomic mass is 10.0. The Hall–Kier alpha value is -1.31. The first-order valence-electron chi connectivity index (χ1n) is 5.57. The zero-order valence-corrected chi connectivity index (χ0v) is 14.2. The number of hydrogen-bond donors (Lipinski definition) is 2. The summed E-state index contributed by atoms with van der Waals surface area (Å²) in [5.74, 6) is 0. The largest absolute Gasteiger partial charge is 0.375 e. The monoisotopic (exact) mass is 412 g/mol. The van der Waals surface area contributed by atoms with Crippen molar-refractivity contribution in [2.45, 2.75) is 0 Å². The molecule has 0 spiro atoms. The van der Waals surface area contributed by atoms with Crippen LogP contribution in [0.5, 0.6) is 0 Å². The molecule has 0 aliphatic rings. The lowest BCUT2D eigenvalue weighted by Gasteiger charge is -2.08. The van der Waals surface area contributed by atoms with Crippen molar-refractivity contribution in [2.75, 3.05) is 0 Å². The predicted octanol–water partition coefficient (Wildman–Crippen LogP) is 3.19. The Morgan fingerprint density at radius 2 is 2.00 bits per heavy atom. The second kappa shape index (κ2) is 6.92. The van der Waals surface area contributed by atoms with Crippen LogP contribution in [0.4, 0.5) is 0 Å². The van der Waals surface area contributed by atoms with Gasteiger partial charge in [-0.3, -0.25) is 5.43 Å². The lowest BCUT2D eigenvalue weighted by molar-refractivity contribution is 1.03. The van der Waals surface area contributed by atoms with Gasteiger partial charge in [0.25, 0.3) is 0 Å². The number of benzene rings is 1. The smallest absolute Gasteiger partial charge is 0.184 e. The number of halogens is 2. The van der Waals surface area contributed by atoms with Crippen LogP contribution in [-0.4, -0.2) is 15.8 Å². The van der Waals surface area contributed by atoms with Crippen LogP contribution < -0.4 is 11.2 Å². The molecule has 0 atom stereocenters. The fourth-order valence-electron chi connectivity index (χ4n) is 1.56. The van der Waals surface area contributed by atoms with E-state index in [4.69, 9.17) is 18.0 Å². The van der Waals surface area contributed by atoms with Crippen molar-refractivity contribution in [1.82, 2.24) is 10.4 Å². The average Bonchev–Trinajstić information content (AvgIpc) is 2.41. The van der Waals surface area contributed by atoms with Gasteiger partial charge in [0.15, 0.2) is 5.11 Å². The zero-order valence-electron chi connectivity index (χ0n) is 10.2. The van der Waals surface area contributed by atoms with Gasteiger partial charge >= 0.3 is 0 Å². The van der Waals surface area contributed by atoms with Crippen LogP contribution in [0.2, 0.25) is 0 Å². The van der Waals surface area contributed by atoms with E-state index >= 15 is 0 Å². The highest BCUT2D eigenvalue weighted by atomic mass is 79.9. The standard InChI is InChI=1S/C13H10Br2N4S/c14-10-3-1-2-8(6-10)12(18-19-13(16)20)9-4-5-11(15)17-7-9/h1-7H,(H3,16,19,20)/b18-12-. The second-order valence-corrected chi connectivity index (χ2v) is 5.98. The van der Waals surface area contributed by atoms with Crippen molar-refractivity contribution < 1.29 is 0 Å². The molecule has 7 heteroatoms. The molecular formula is C13H10Br2N4S. The molecular weight excluding hydrogens is 404 g/mol. The van der Waals surface area contributed by atoms with Gasteiger partial charge in [-0.05, 0) is 52.4 Å². The van der Waals surface area contributed by atoms with Crippen LogP contribution in [0, 0.1) is 0 Å². The highest BCUT2D eigenvalue weighted by molar-refractivity contribution is 9.10. The molecule has 0 aliphatic heterocycles. The Kier molecular flexibility index (Phi) is 5.22. The third-order valence-corrected chi connectivity index (χ3v) is 3.43. The van der Waals surface area contributed by atoms with Crippen LogP contribution in [0.1, 0.15) is 11.1 Å². The van der Waals surface area contributed by atoms with Gasteiger partial charge in [-0.25, -0.2) is 4.98 Å². The number of hydrazone groups is 1. The lowest BCUT2D eigenvalue weighted by Crippen LogP contribution is -2.26. The molecule has 0 amide bonds. The molecule has 1 aromatic heterocycles. The Labute approximate surface area is 138 Å². The minimum Gasteiger partial charge on any atom is -0.375 e. The molecule has 1 heterocycles. The molecule has 1 aromatic carbocycles. The molecule has 0 fully saturated rings. The summed E-state index contributed by atoms with van der Waals surface area (Å²) in [5.41, 5.74) is 10.5. The summed E-state index contributed by atoms with van der Waals surface area (Å²) in [6.07, 6.45) is 1.73. The van der Waals surface area contributed by atoms with Gasteiger partial charge in [0.2, 0.25) is 0 Å². The number of nitrogens with zero attached hydrogens (tertiary/aromatic N) is 2. The molecule has 102 valence electrons. The molecule has 0 unspecified atom stereocenters. The first kappa shape index (κ1) is 15.1. The molecule has 0 saturated carbocycles. The molecule has 0 bridgehead atoms. The van der Waals surface area contributed by atoms with E-state index in [0.717, 1.165) is 20.2 Å². The molecule has 0 saturated heterocycles. The minimum absolute atomic E-state index is 0.113. The summed E-state index contributed by atoms with van der Waals surface area (Å²) in [6.45, 7) is 0. The van der Waals surface area contributed by atoms with Crippen LogP contribution in [-0.2, 0) is 0 Å². The maximum atomic E-state index is 5.43. The maximum Gasteiger partial charge on any atom is 0.184 e. The number of rotatable bonds is 3. The first-order valence-corrected chi connectivity index (χ1v) is 7.56. The van der Waals surface area contributed by atoms with Crippen LogP contribution in [0.25, 0.3) is 0 Å². The van der Waals surface area contributed by atoms with Crippen molar-refractivity contribution in [2.24, 2.45) is 10.8 Å². The number of nitrogens with one attached hydrogen (secondary N) is 1. The summed E-state index contributed by atoms with van der Waals surface area (Å²) in [5, 5.41) is 4.37. The highest BCUT2D eigenvalue weighted by Gasteiger charge is 2.08. The van der Waals surface area contributed by atoms with Crippen LogP contribution in [0.3, 0.4) is 0 Å². The van der Waals surface area contributed by atoms with E-state index in [0.29, 0.717) is 5.71 Å². The van der Waals surface area contributed by atoms with Crippen molar-refractivity contribution in [1.29, 1.82) is 0 Å². The Balaban J connectivity index is 2.47. The third kappa shape index (κ3) is 4.09. The summed E-state index contributed by atoms with van der Waals surface area (Å²) in [6, 6.07) is 11.6. The topological polar surface area (TPSA) is 63.3 Å². The number of aromatic nitrogens is 1. The van der Waals surface area contributed by atoms with Gasteiger partial charge in [0.1, 0.15) is 4.60 Å². The average molecular weight is 414 g/mol. The van der Waals surface area contributed by atoms with Gasteiger partial charge < -0.3 is 5.73 Å². The van der Waals surface area contributed by atoms with Gasteiger partial charge in [-0.15, -0.1) is 0 Å². The Bertz CT molecular complexity index is 656. The van der Waals surface area contributed by atoms with E-state index in [1.54, 1.807) is 6.20 Å². The summed E-state index contributed by atoms with van der Waals surface area (Å²) >= 11 is 11.5. The van der Waals surface area contributed by atoms with E-state index in [9.17, 15) is 0 Å². The van der Waals surface area contributed by atoms with Gasteiger partial charge in [0, 0.05) is 21.8 Å². The molecule has 2 rings (SSSR count). The van der Waals surface area contributed by atoms with E-state index in [-0.39, 0.29) is 5.11 Å². The first-order chi connectivity index (χ1) is 9.56. The van der Waals surface area contributed by atoms with Gasteiger partial charge in [-0.2, -0.15) is 5.10 Å². The molecule has 0 aliphatic carbocycles. The van der Waals surface area contributed by atoms with Crippen LogP contribution in [0.15, 0.2) is 56.8 Å². The summed E-state index contributed by atoms with van der Waals surface area (Å²) in [4.78, 5) is 4.21. The number of nitrogens with two attached hydrogens (primary N) is 1. The van der Waals surface area contributed by atoms with Crippen LogP contribution >= 0.6 is 44.1 Å². The molecule has 3 N–H and O–H groups in total. The SMILES string of the molecule is NC(=S)N/N=C(\c1ccc(Br)nc1)c1cccc(Br)c1. The normalized spacial score (nSPS) is 11.2. The van der Waals surface area contributed by atoms with Crippen molar-refractivity contribution in [3.63, 3.8) is 0 Å². The zero-order chi connectivity index (χ0) is 14.5. The third-order valence-electron chi connectivity index (χ3n) is 2.38. The Morgan fingerprint density at radius 1 is 1.20 bits per heavy atom. The predicted molar refractivity (Wildman–Crippen MR) is 91.6 cm³/mol. The minimum atomic E-state index is 0.113. The van der Waals surface area contributed by atoms with Gasteiger partial charge in [0.05, 0.1) is 5.71 Å². The summed E-state index contributed by atoms with van der Waals surface area (Å²) in [7, 11) is 0. The van der Waals surface area contributed by atoms with Gasteiger partial charge in [-0.1, -0.05) is 28.1 Å². The fraction of sp³-hybridized carbons (Fsp3) is 0. The number of pyridine rings is 1. The molecule has 2 aromatic rings. The van der Waals surface area contributed by atoms with Crippen molar-refractivity contribution >= 4 is 54.9 Å². The maximum absolute atomic E-state index is 5.43. The summed E-state index contributed by atoms with van der Waals surface area (Å²) < 4.78 is 1.72. The highest BCUT2D eigenvalue weighted by Crippen LogP contribution is 2.17. The Morgan fingerprint density at radius 3 is 2.60 bits per heavy atom. The second-order valence-electron chi connectivity index (χ2n) is 3.82. The quantitative estimate of drug-likeness (QED) is 0.351. The molecule has 4 nitrogen and oxygen atoms in total. The van der Waals surface area contributed by atoms with E-state index in [1.165, 1.54) is 0 Å². The van der Waals surface area contributed by atoms with E-state index < -0.39 is 0 Å². The van der Waals surface area contributed by atoms with Crippen molar-refractivity contribution in [3.8, 4) is 0 Å². The fourth-order valence-corrected chi connectivity index (χ4v) is 2.24. The van der Waals surface area contributed by atoms with Crippen molar-refractivity contribution in [3.05, 3.63) is 62.8 Å². The van der Waals surface area contributed by atoms with E-state index in [1.807, 2.05) is 36.4 Å². The number of thiocarbonyl (C=S) groups is 1. The molecule has 0 radical (unpaired) electrons. The number of hydrogen-bond acceptors (Lipinski definition) is 3.